The molecule has 1 amide bonds. The van der Waals surface area contributed by atoms with Gasteiger partial charge < -0.3 is 15.2 Å². The third-order valence-electron chi connectivity index (χ3n) is 5.23. The second kappa shape index (κ2) is 11.4. The van der Waals surface area contributed by atoms with Crippen LogP contribution in [0.5, 0.6) is 11.5 Å². The maximum absolute atomic E-state index is 12.4. The number of ether oxygens (including phenoxy) is 2. The van der Waals surface area contributed by atoms with Gasteiger partial charge in [-0.05, 0) is 54.8 Å². The van der Waals surface area contributed by atoms with Crippen LogP contribution in [0.3, 0.4) is 0 Å². The summed E-state index contributed by atoms with van der Waals surface area (Å²) >= 11 is 5.87. The van der Waals surface area contributed by atoms with Crippen molar-refractivity contribution in [1.82, 2.24) is 4.72 Å². The van der Waals surface area contributed by atoms with E-state index in [0.717, 1.165) is 5.56 Å². The molecule has 0 saturated carbocycles. The highest BCUT2D eigenvalue weighted by atomic mass is 35.5. The van der Waals surface area contributed by atoms with Gasteiger partial charge in [0.1, 0.15) is 12.1 Å². The number of hydrogen-bond acceptors (Lipinski definition) is 5. The Labute approximate surface area is 200 Å². The molecule has 0 aromatic heterocycles. The van der Waals surface area contributed by atoms with E-state index >= 15 is 0 Å². The zero-order valence-electron chi connectivity index (χ0n) is 19.1. The van der Waals surface area contributed by atoms with Gasteiger partial charge in [0.2, 0.25) is 15.9 Å². The molecule has 0 saturated heterocycles. The summed E-state index contributed by atoms with van der Waals surface area (Å²) in [6.07, 6.45) is 0.0617. The van der Waals surface area contributed by atoms with Gasteiger partial charge in [0.25, 0.3) is 0 Å². The molecule has 2 aromatic carbocycles. The van der Waals surface area contributed by atoms with Crippen molar-refractivity contribution in [2.24, 2.45) is 11.7 Å². The monoisotopic (exact) mass is 492 g/mol. The van der Waals surface area contributed by atoms with Gasteiger partial charge in [0.15, 0.2) is 11.5 Å². The zero-order chi connectivity index (χ0) is 24.6. The molecule has 9 heteroatoms. The van der Waals surface area contributed by atoms with Crippen LogP contribution in [0.15, 0.2) is 42.5 Å². The number of nitrogens with one attached hydrogen (secondary N) is 1. The number of nitrogens with two attached hydrogens (primary N) is 1. The first-order chi connectivity index (χ1) is 15.5. The standard InChI is InChI=1S/C24H29ClN2O5S/c1-5-33(29,30)27-24(17(2)3,23(26)28)16-19-10-13-21(22(15-19)31-4)32-14-6-7-18-8-11-20(25)12-9-18/h8-13,15,17,27H,5,14,16H2,1-4H3,(H2,26,28). The molecule has 2 rings (SSSR count). The van der Waals surface area contributed by atoms with Gasteiger partial charge in [-0.25, -0.2) is 8.42 Å². The second-order valence-electron chi connectivity index (χ2n) is 7.76. The molecule has 3 N–H and O–H groups in total. The lowest BCUT2D eigenvalue weighted by Crippen LogP contribution is -2.62. The molecular weight excluding hydrogens is 464 g/mol. The van der Waals surface area contributed by atoms with E-state index < -0.39 is 21.5 Å². The number of primary amides is 1. The van der Waals surface area contributed by atoms with Gasteiger partial charge >= 0.3 is 0 Å². The maximum atomic E-state index is 12.4. The SMILES string of the molecule is CCS(=O)(=O)NC(Cc1ccc(OCC#Cc2ccc(Cl)cc2)c(OC)c1)(C(N)=O)C(C)C. The fourth-order valence-electron chi connectivity index (χ4n) is 3.18. The summed E-state index contributed by atoms with van der Waals surface area (Å²) in [5.41, 5.74) is 5.68. The third kappa shape index (κ3) is 7.13. The Hall–Kier alpha value is -2.73. The van der Waals surface area contributed by atoms with Crippen LogP contribution in [0.1, 0.15) is 31.9 Å². The number of carbonyl (C=O) groups excluding carboxylic acids is 1. The Morgan fingerprint density at radius 2 is 1.85 bits per heavy atom. The summed E-state index contributed by atoms with van der Waals surface area (Å²) in [7, 11) is -2.19. The average molecular weight is 493 g/mol. The summed E-state index contributed by atoms with van der Waals surface area (Å²) in [5.74, 6) is 5.51. The van der Waals surface area contributed by atoms with Gasteiger partial charge in [-0.15, -0.1) is 0 Å². The van der Waals surface area contributed by atoms with Crippen LogP contribution in [-0.2, 0) is 21.2 Å². The number of carbonyl (C=O) groups is 1. The molecule has 0 fully saturated rings. The van der Waals surface area contributed by atoms with Gasteiger partial charge in [-0.1, -0.05) is 43.4 Å². The molecule has 0 radical (unpaired) electrons. The lowest BCUT2D eigenvalue weighted by atomic mass is 9.81. The van der Waals surface area contributed by atoms with Crippen molar-refractivity contribution in [3.8, 4) is 23.3 Å². The van der Waals surface area contributed by atoms with E-state index in [1.165, 1.54) is 14.0 Å². The number of benzene rings is 2. The zero-order valence-corrected chi connectivity index (χ0v) is 20.7. The third-order valence-corrected chi connectivity index (χ3v) is 6.92. The Bertz CT molecular complexity index is 1140. The highest BCUT2D eigenvalue weighted by molar-refractivity contribution is 7.89. The van der Waals surface area contributed by atoms with Crippen molar-refractivity contribution in [2.75, 3.05) is 19.5 Å². The van der Waals surface area contributed by atoms with Crippen molar-refractivity contribution in [1.29, 1.82) is 0 Å². The molecule has 1 unspecified atom stereocenters. The first-order valence-corrected chi connectivity index (χ1v) is 12.4. The van der Waals surface area contributed by atoms with E-state index in [1.54, 1.807) is 44.2 Å². The Morgan fingerprint density at radius 1 is 1.18 bits per heavy atom. The number of rotatable bonds is 10. The van der Waals surface area contributed by atoms with Gasteiger partial charge in [-0.3, -0.25) is 4.79 Å². The van der Waals surface area contributed by atoms with Crippen LogP contribution in [-0.4, -0.2) is 39.3 Å². The molecule has 7 nitrogen and oxygen atoms in total. The molecule has 178 valence electrons. The van der Waals surface area contributed by atoms with Crippen LogP contribution in [0.2, 0.25) is 5.02 Å². The van der Waals surface area contributed by atoms with Crippen molar-refractivity contribution in [3.63, 3.8) is 0 Å². The Kier molecular flexibility index (Phi) is 9.17. The number of amides is 1. The van der Waals surface area contributed by atoms with Crippen LogP contribution < -0.4 is 19.9 Å². The van der Waals surface area contributed by atoms with Crippen LogP contribution in [0.4, 0.5) is 0 Å². The fraction of sp³-hybridized carbons (Fsp3) is 0.375. The summed E-state index contributed by atoms with van der Waals surface area (Å²) < 4.78 is 38.2. The summed E-state index contributed by atoms with van der Waals surface area (Å²) in [5, 5.41) is 0.641. The van der Waals surface area contributed by atoms with Crippen molar-refractivity contribution in [2.45, 2.75) is 32.7 Å². The van der Waals surface area contributed by atoms with Crippen LogP contribution in [0.25, 0.3) is 0 Å². The highest BCUT2D eigenvalue weighted by Crippen LogP contribution is 2.31. The van der Waals surface area contributed by atoms with Crippen molar-refractivity contribution in [3.05, 3.63) is 58.6 Å². The predicted octanol–water partition coefficient (Wildman–Crippen LogP) is 3.14. The molecule has 33 heavy (non-hydrogen) atoms. The van der Waals surface area contributed by atoms with Crippen LogP contribution in [0, 0.1) is 17.8 Å². The molecule has 0 spiro atoms. The Morgan fingerprint density at radius 3 is 2.39 bits per heavy atom. The summed E-state index contributed by atoms with van der Waals surface area (Å²) in [6, 6.07) is 12.3. The average Bonchev–Trinajstić information content (AvgIpc) is 2.77. The molecule has 0 aliphatic heterocycles. The van der Waals surface area contributed by atoms with E-state index in [4.69, 9.17) is 26.8 Å². The quantitative estimate of drug-likeness (QED) is 0.495. The van der Waals surface area contributed by atoms with Crippen LogP contribution >= 0.6 is 11.6 Å². The smallest absolute Gasteiger partial charge is 0.239 e. The fourth-order valence-corrected chi connectivity index (χ4v) is 4.41. The number of sulfonamides is 1. The second-order valence-corrected chi connectivity index (χ2v) is 10.2. The van der Waals surface area contributed by atoms with Crippen molar-refractivity contribution >= 4 is 27.5 Å². The normalized spacial score (nSPS) is 13.0. The van der Waals surface area contributed by atoms with Gasteiger partial charge in [0, 0.05) is 17.0 Å². The first-order valence-electron chi connectivity index (χ1n) is 10.4. The molecule has 2 aromatic rings. The van der Waals surface area contributed by atoms with E-state index in [9.17, 15) is 13.2 Å². The molecule has 1 atom stereocenters. The predicted molar refractivity (Wildman–Crippen MR) is 130 cm³/mol. The lowest BCUT2D eigenvalue weighted by Gasteiger charge is -2.35. The number of methoxy groups -OCH3 is 1. The molecule has 0 aliphatic rings. The molecule has 0 aliphatic carbocycles. The minimum Gasteiger partial charge on any atom is -0.493 e. The largest absolute Gasteiger partial charge is 0.493 e. The topological polar surface area (TPSA) is 108 Å². The number of hydrogen-bond donors (Lipinski definition) is 2. The summed E-state index contributed by atoms with van der Waals surface area (Å²) in [6.45, 7) is 5.12. The van der Waals surface area contributed by atoms with Crippen molar-refractivity contribution < 1.29 is 22.7 Å². The minimum atomic E-state index is -3.68. The van der Waals surface area contributed by atoms with E-state index in [-0.39, 0.29) is 24.7 Å². The maximum Gasteiger partial charge on any atom is 0.239 e. The molecule has 0 bridgehead atoms. The first kappa shape index (κ1) is 26.5. The van der Waals surface area contributed by atoms with E-state index in [2.05, 4.69) is 16.6 Å². The van der Waals surface area contributed by atoms with Gasteiger partial charge in [-0.2, -0.15) is 4.72 Å². The van der Waals surface area contributed by atoms with Gasteiger partial charge in [0.05, 0.1) is 12.9 Å². The van der Waals surface area contributed by atoms with E-state index in [0.29, 0.717) is 22.1 Å². The molecular formula is C24H29ClN2O5S. The lowest BCUT2D eigenvalue weighted by molar-refractivity contribution is -0.125. The number of halogens is 1. The highest BCUT2D eigenvalue weighted by Gasteiger charge is 2.43. The molecule has 0 heterocycles. The van der Waals surface area contributed by atoms with E-state index in [1.807, 2.05) is 12.1 Å². The minimum absolute atomic E-state index is 0.0617. The summed E-state index contributed by atoms with van der Waals surface area (Å²) in [4.78, 5) is 12.4. The Balaban J connectivity index is 2.23.